The van der Waals surface area contributed by atoms with Crippen molar-refractivity contribution in [3.05, 3.63) is 58.9 Å². The summed E-state index contributed by atoms with van der Waals surface area (Å²) in [6.07, 6.45) is 2.78. The Bertz CT molecular complexity index is 1140. The summed E-state index contributed by atoms with van der Waals surface area (Å²) in [5.41, 5.74) is 1.18. The first-order valence-electron chi connectivity index (χ1n) is 10.9. The average Bonchev–Trinajstić information content (AvgIpc) is 3.36. The second-order valence-corrected chi connectivity index (χ2v) is 10.7. The zero-order valence-corrected chi connectivity index (χ0v) is 19.5. The van der Waals surface area contributed by atoms with Gasteiger partial charge in [-0.3, -0.25) is 9.59 Å². The Morgan fingerprint density at radius 2 is 1.61 bits per heavy atom. The normalized spacial score (nSPS) is 17.8. The molecule has 0 aromatic heterocycles. The lowest BCUT2D eigenvalue weighted by molar-refractivity contribution is -0.120. The smallest absolute Gasteiger partial charge is 0.253 e. The van der Waals surface area contributed by atoms with Crippen molar-refractivity contribution in [2.24, 2.45) is 5.92 Å². The van der Waals surface area contributed by atoms with Crippen molar-refractivity contribution in [1.29, 1.82) is 0 Å². The molecule has 7 nitrogen and oxygen atoms in total. The van der Waals surface area contributed by atoms with Gasteiger partial charge >= 0.3 is 0 Å². The van der Waals surface area contributed by atoms with E-state index < -0.39 is 15.8 Å². The molecule has 1 N–H and O–H groups in total. The van der Waals surface area contributed by atoms with E-state index in [-0.39, 0.29) is 40.7 Å². The maximum Gasteiger partial charge on any atom is 0.253 e. The molecule has 0 unspecified atom stereocenters. The van der Waals surface area contributed by atoms with Gasteiger partial charge < -0.3 is 10.2 Å². The molecular weight excluding hydrogens is 469 g/mol. The number of hydrogen-bond acceptors (Lipinski definition) is 4. The second-order valence-electron chi connectivity index (χ2n) is 8.32. The fourth-order valence-electron chi connectivity index (χ4n) is 4.19. The molecule has 0 spiro atoms. The number of likely N-dealkylation sites (tertiary alicyclic amines) is 1. The van der Waals surface area contributed by atoms with Crippen LogP contribution >= 0.6 is 11.6 Å². The SMILES string of the molecule is O=C(Nc1ccc(C(=O)N2CCCC2)cc1)C1CCN(S(=O)(=O)c2ccc(F)c(Cl)c2)CC1. The lowest BCUT2D eigenvalue weighted by Gasteiger charge is -2.30. The third-order valence-electron chi connectivity index (χ3n) is 6.15. The number of benzene rings is 2. The molecule has 0 saturated carbocycles. The number of sulfonamides is 1. The molecule has 2 saturated heterocycles. The Kier molecular flexibility index (Phi) is 7.02. The lowest BCUT2D eigenvalue weighted by atomic mass is 9.97. The van der Waals surface area contributed by atoms with E-state index in [1.165, 1.54) is 10.4 Å². The van der Waals surface area contributed by atoms with Gasteiger partial charge in [-0.25, -0.2) is 12.8 Å². The highest BCUT2D eigenvalue weighted by atomic mass is 35.5. The quantitative estimate of drug-likeness (QED) is 0.687. The first kappa shape index (κ1) is 23.7. The van der Waals surface area contributed by atoms with E-state index in [0.717, 1.165) is 38.1 Å². The van der Waals surface area contributed by atoms with Crippen molar-refractivity contribution in [2.45, 2.75) is 30.6 Å². The van der Waals surface area contributed by atoms with Gasteiger partial charge in [0.25, 0.3) is 5.91 Å². The van der Waals surface area contributed by atoms with E-state index in [1.54, 1.807) is 24.3 Å². The molecule has 2 amide bonds. The Morgan fingerprint density at radius 1 is 0.970 bits per heavy atom. The Labute approximate surface area is 197 Å². The molecule has 2 aliphatic heterocycles. The minimum absolute atomic E-state index is 0.00130. The number of nitrogens with one attached hydrogen (secondary N) is 1. The van der Waals surface area contributed by atoms with E-state index in [4.69, 9.17) is 11.6 Å². The standard InChI is InChI=1S/C23H25ClFN3O4S/c24-20-15-19(7-8-21(20)25)33(31,32)28-13-9-16(10-14-28)22(29)26-18-5-3-17(4-6-18)23(30)27-11-1-2-12-27/h3-8,15-16H,1-2,9-14H2,(H,26,29). The van der Waals surface area contributed by atoms with Gasteiger partial charge in [-0.2, -0.15) is 4.31 Å². The van der Waals surface area contributed by atoms with Crippen LogP contribution in [0.4, 0.5) is 10.1 Å². The van der Waals surface area contributed by atoms with Gasteiger partial charge in [-0.15, -0.1) is 0 Å². The van der Waals surface area contributed by atoms with Gasteiger partial charge in [0.2, 0.25) is 15.9 Å². The number of anilines is 1. The average molecular weight is 494 g/mol. The van der Waals surface area contributed by atoms with Crippen molar-refractivity contribution < 1.29 is 22.4 Å². The summed E-state index contributed by atoms with van der Waals surface area (Å²) in [7, 11) is -3.81. The first-order valence-corrected chi connectivity index (χ1v) is 12.7. The molecule has 0 atom stereocenters. The summed E-state index contributed by atoms with van der Waals surface area (Å²) < 4.78 is 40.3. The predicted octanol–water partition coefficient (Wildman–Crippen LogP) is 3.75. The number of piperidine rings is 1. The highest BCUT2D eigenvalue weighted by Gasteiger charge is 2.32. The number of amides is 2. The summed E-state index contributed by atoms with van der Waals surface area (Å²) in [6, 6.07) is 10.1. The first-order chi connectivity index (χ1) is 15.8. The molecule has 0 radical (unpaired) electrons. The minimum atomic E-state index is -3.81. The van der Waals surface area contributed by atoms with E-state index >= 15 is 0 Å². The largest absolute Gasteiger partial charge is 0.339 e. The molecule has 2 fully saturated rings. The molecule has 0 aliphatic carbocycles. The lowest BCUT2D eigenvalue weighted by Crippen LogP contribution is -2.41. The fourth-order valence-corrected chi connectivity index (χ4v) is 5.93. The predicted molar refractivity (Wildman–Crippen MR) is 123 cm³/mol. The summed E-state index contributed by atoms with van der Waals surface area (Å²) in [5.74, 6) is -1.20. The zero-order chi connectivity index (χ0) is 23.6. The van der Waals surface area contributed by atoms with E-state index in [2.05, 4.69) is 5.32 Å². The maximum absolute atomic E-state index is 13.4. The van der Waals surface area contributed by atoms with Crippen molar-refractivity contribution in [2.75, 3.05) is 31.5 Å². The summed E-state index contributed by atoms with van der Waals surface area (Å²) in [4.78, 5) is 26.9. The van der Waals surface area contributed by atoms with Crippen molar-refractivity contribution in [3.8, 4) is 0 Å². The third kappa shape index (κ3) is 5.20. The number of halogens is 2. The molecular formula is C23H25ClFN3O4S. The van der Waals surface area contributed by atoms with Crippen LogP contribution in [0.25, 0.3) is 0 Å². The molecule has 176 valence electrons. The second kappa shape index (κ2) is 9.79. The Balaban J connectivity index is 1.33. The minimum Gasteiger partial charge on any atom is -0.339 e. The number of rotatable bonds is 5. The number of carbonyl (C=O) groups is 2. The monoisotopic (exact) mass is 493 g/mol. The maximum atomic E-state index is 13.4. The number of carbonyl (C=O) groups excluding carboxylic acids is 2. The molecule has 4 rings (SSSR count). The fraction of sp³-hybridized carbons (Fsp3) is 0.391. The van der Waals surface area contributed by atoms with Gasteiger partial charge in [-0.1, -0.05) is 11.6 Å². The van der Waals surface area contributed by atoms with Crippen LogP contribution in [0.2, 0.25) is 5.02 Å². The highest BCUT2D eigenvalue weighted by Crippen LogP contribution is 2.27. The molecule has 33 heavy (non-hydrogen) atoms. The van der Waals surface area contributed by atoms with Crippen LogP contribution in [0, 0.1) is 11.7 Å². The molecule has 10 heteroatoms. The van der Waals surface area contributed by atoms with Gasteiger partial charge in [0.05, 0.1) is 9.92 Å². The van der Waals surface area contributed by atoms with Crippen molar-refractivity contribution in [1.82, 2.24) is 9.21 Å². The summed E-state index contributed by atoms with van der Waals surface area (Å²) in [6.45, 7) is 1.91. The van der Waals surface area contributed by atoms with Crippen LogP contribution in [0.3, 0.4) is 0 Å². The number of nitrogens with zero attached hydrogens (tertiary/aromatic N) is 2. The third-order valence-corrected chi connectivity index (χ3v) is 8.33. The van der Waals surface area contributed by atoms with Gasteiger partial charge in [0.1, 0.15) is 5.82 Å². The van der Waals surface area contributed by atoms with E-state index in [0.29, 0.717) is 24.1 Å². The van der Waals surface area contributed by atoms with Crippen LogP contribution in [0.1, 0.15) is 36.0 Å². The molecule has 2 aromatic carbocycles. The van der Waals surface area contributed by atoms with Crippen molar-refractivity contribution >= 4 is 39.1 Å². The molecule has 2 aliphatic rings. The van der Waals surface area contributed by atoms with Gasteiger partial charge in [-0.05, 0) is 68.1 Å². The van der Waals surface area contributed by atoms with Crippen LogP contribution in [0.15, 0.2) is 47.4 Å². The van der Waals surface area contributed by atoms with Crippen LogP contribution < -0.4 is 5.32 Å². The molecule has 2 heterocycles. The van der Waals surface area contributed by atoms with E-state index in [9.17, 15) is 22.4 Å². The molecule has 2 aromatic rings. The van der Waals surface area contributed by atoms with Crippen LogP contribution in [-0.2, 0) is 14.8 Å². The van der Waals surface area contributed by atoms with Gasteiger partial charge in [0.15, 0.2) is 0 Å². The highest BCUT2D eigenvalue weighted by molar-refractivity contribution is 7.89. The van der Waals surface area contributed by atoms with E-state index in [1.807, 2.05) is 4.90 Å². The topological polar surface area (TPSA) is 86.8 Å². The van der Waals surface area contributed by atoms with Crippen molar-refractivity contribution in [3.63, 3.8) is 0 Å². The van der Waals surface area contributed by atoms with Gasteiger partial charge in [0, 0.05) is 43.3 Å². The Hall–Kier alpha value is -2.49. The zero-order valence-electron chi connectivity index (χ0n) is 18.0. The molecule has 0 bridgehead atoms. The summed E-state index contributed by atoms with van der Waals surface area (Å²) >= 11 is 5.73. The Morgan fingerprint density at radius 3 is 2.21 bits per heavy atom. The summed E-state index contributed by atoms with van der Waals surface area (Å²) in [5, 5.41) is 2.60. The van der Waals surface area contributed by atoms with Crippen LogP contribution in [0.5, 0.6) is 0 Å². The number of hydrogen-bond donors (Lipinski definition) is 1. The van der Waals surface area contributed by atoms with Crippen LogP contribution in [-0.4, -0.2) is 55.6 Å².